The number of benzene rings is 1. The number of thioether (sulfide) groups is 1. The van der Waals surface area contributed by atoms with Gasteiger partial charge in [-0.05, 0) is 17.7 Å². The number of amides is 2. The maximum absolute atomic E-state index is 12.3. The highest BCUT2D eigenvalue weighted by molar-refractivity contribution is 8.00. The second kappa shape index (κ2) is 7.13. The van der Waals surface area contributed by atoms with Crippen molar-refractivity contribution < 1.29 is 29.4 Å². The summed E-state index contributed by atoms with van der Waals surface area (Å²) in [6, 6.07) is 7.48. The molecule has 9 nitrogen and oxygen atoms in total. The SMILES string of the molecule is N#Cc1ccc(CC(=O)NC2C(=O)N3C(C(=O)O)=C(C(=O)O)CS[C@H]23)cc1. The molecule has 1 aromatic carbocycles. The van der Waals surface area contributed by atoms with E-state index >= 15 is 0 Å². The topological polar surface area (TPSA) is 148 Å². The highest BCUT2D eigenvalue weighted by atomic mass is 32.2. The van der Waals surface area contributed by atoms with Gasteiger partial charge in [0.15, 0.2) is 0 Å². The van der Waals surface area contributed by atoms with Crippen LogP contribution in [-0.4, -0.2) is 56.0 Å². The van der Waals surface area contributed by atoms with Crippen molar-refractivity contribution in [3.63, 3.8) is 0 Å². The first-order valence-electron chi connectivity index (χ1n) is 7.76. The van der Waals surface area contributed by atoms with Crippen LogP contribution in [0.15, 0.2) is 35.5 Å². The molecule has 3 N–H and O–H groups in total. The van der Waals surface area contributed by atoms with Crippen molar-refractivity contribution in [1.29, 1.82) is 5.26 Å². The van der Waals surface area contributed by atoms with Crippen LogP contribution in [0.5, 0.6) is 0 Å². The zero-order valence-electron chi connectivity index (χ0n) is 13.7. The zero-order chi connectivity index (χ0) is 19.7. The van der Waals surface area contributed by atoms with Crippen LogP contribution in [0.3, 0.4) is 0 Å². The van der Waals surface area contributed by atoms with Crippen LogP contribution < -0.4 is 5.32 Å². The summed E-state index contributed by atoms with van der Waals surface area (Å²) >= 11 is 1.09. The minimum Gasteiger partial charge on any atom is -0.478 e. The maximum Gasteiger partial charge on any atom is 0.353 e. The standard InChI is InChI=1S/C17H13N3O6S/c18-6-9-3-1-8(2-4-9)5-11(21)19-12-14(22)20-13(17(25)26)10(16(23)24)7-27-15(12)20/h1-4,12,15H,5,7H2,(H,19,21)(H,23,24)(H,25,26)/t12?,15-/m1/s1. The molecule has 0 radical (unpaired) electrons. The molecule has 0 aromatic heterocycles. The predicted octanol–water partition coefficient (Wildman–Crippen LogP) is -0.0760. The lowest BCUT2D eigenvalue weighted by Gasteiger charge is -2.49. The van der Waals surface area contributed by atoms with Gasteiger partial charge < -0.3 is 15.5 Å². The van der Waals surface area contributed by atoms with E-state index in [2.05, 4.69) is 5.32 Å². The molecule has 0 spiro atoms. The number of nitrogens with one attached hydrogen (secondary N) is 1. The van der Waals surface area contributed by atoms with Gasteiger partial charge in [0, 0.05) is 5.75 Å². The van der Waals surface area contributed by atoms with Crippen LogP contribution in [0.2, 0.25) is 0 Å². The first kappa shape index (κ1) is 18.5. The number of carbonyl (C=O) groups is 4. The van der Waals surface area contributed by atoms with Gasteiger partial charge in [0.2, 0.25) is 5.91 Å². The van der Waals surface area contributed by atoms with Crippen LogP contribution in [0.1, 0.15) is 11.1 Å². The number of nitriles is 1. The van der Waals surface area contributed by atoms with Crippen molar-refractivity contribution in [2.45, 2.75) is 17.8 Å². The summed E-state index contributed by atoms with van der Waals surface area (Å²) in [5, 5.41) is 29.1. The zero-order valence-corrected chi connectivity index (χ0v) is 14.5. The summed E-state index contributed by atoms with van der Waals surface area (Å²) in [5.74, 6) is -4.04. The molecule has 27 heavy (non-hydrogen) atoms. The molecule has 2 atom stereocenters. The number of hydrogen-bond acceptors (Lipinski definition) is 6. The number of nitrogens with zero attached hydrogens (tertiary/aromatic N) is 2. The number of carboxylic acid groups (broad SMARTS) is 2. The Kier molecular flexibility index (Phi) is 4.87. The fraction of sp³-hybridized carbons (Fsp3) is 0.235. The molecule has 1 aromatic rings. The summed E-state index contributed by atoms with van der Waals surface area (Å²) in [6.45, 7) is 0. The normalized spacial score (nSPS) is 21.0. The minimum atomic E-state index is -1.49. The van der Waals surface area contributed by atoms with Gasteiger partial charge in [-0.15, -0.1) is 11.8 Å². The van der Waals surface area contributed by atoms with E-state index in [4.69, 9.17) is 10.4 Å². The number of hydrogen-bond donors (Lipinski definition) is 3. The monoisotopic (exact) mass is 387 g/mol. The minimum absolute atomic E-state index is 0.00508. The maximum atomic E-state index is 12.3. The largest absolute Gasteiger partial charge is 0.478 e. The van der Waals surface area contributed by atoms with Gasteiger partial charge in [-0.25, -0.2) is 9.59 Å². The van der Waals surface area contributed by atoms with Crippen LogP contribution in [0.25, 0.3) is 0 Å². The number of β-lactam (4-membered cyclic amide) rings is 1. The van der Waals surface area contributed by atoms with E-state index in [0.717, 1.165) is 16.7 Å². The van der Waals surface area contributed by atoms with Crippen molar-refractivity contribution >= 4 is 35.5 Å². The summed E-state index contributed by atoms with van der Waals surface area (Å²) in [7, 11) is 0. The van der Waals surface area contributed by atoms with E-state index in [-0.39, 0.29) is 17.7 Å². The first-order chi connectivity index (χ1) is 12.8. The van der Waals surface area contributed by atoms with Crippen LogP contribution >= 0.6 is 11.8 Å². The highest BCUT2D eigenvalue weighted by Crippen LogP contribution is 2.40. The van der Waals surface area contributed by atoms with Crippen molar-refractivity contribution in [1.82, 2.24) is 10.2 Å². The van der Waals surface area contributed by atoms with Gasteiger partial charge in [0.05, 0.1) is 23.6 Å². The Hall–Kier alpha value is -3.32. The Bertz CT molecular complexity index is 918. The Morgan fingerprint density at radius 3 is 2.44 bits per heavy atom. The highest BCUT2D eigenvalue weighted by Gasteiger charge is 2.54. The molecule has 1 fully saturated rings. The summed E-state index contributed by atoms with van der Waals surface area (Å²) < 4.78 is 0. The second-order valence-electron chi connectivity index (χ2n) is 5.88. The van der Waals surface area contributed by atoms with Crippen LogP contribution in [0.4, 0.5) is 0 Å². The summed E-state index contributed by atoms with van der Waals surface area (Å²) in [5.41, 5.74) is 0.226. The average Bonchev–Trinajstić information content (AvgIpc) is 2.65. The molecule has 0 saturated carbocycles. The second-order valence-corrected chi connectivity index (χ2v) is 6.98. The number of rotatable bonds is 5. The molecular weight excluding hydrogens is 374 g/mol. The smallest absolute Gasteiger partial charge is 0.353 e. The molecule has 1 saturated heterocycles. The van der Waals surface area contributed by atoms with Gasteiger partial charge in [0.1, 0.15) is 17.1 Å². The molecule has 2 aliphatic rings. The van der Waals surface area contributed by atoms with E-state index in [0.29, 0.717) is 11.1 Å². The van der Waals surface area contributed by atoms with Crippen molar-refractivity contribution in [2.75, 3.05) is 5.75 Å². The number of aliphatic carboxylic acids is 2. The fourth-order valence-electron chi connectivity index (χ4n) is 2.89. The van der Waals surface area contributed by atoms with Crippen molar-refractivity contribution in [3.05, 3.63) is 46.7 Å². The number of fused-ring (bicyclic) bond motifs is 1. The lowest BCUT2D eigenvalue weighted by atomic mass is 10.0. The third kappa shape index (κ3) is 3.37. The van der Waals surface area contributed by atoms with Crippen LogP contribution in [-0.2, 0) is 25.6 Å². The van der Waals surface area contributed by atoms with Gasteiger partial charge >= 0.3 is 11.9 Å². The third-order valence-corrected chi connectivity index (χ3v) is 5.47. The van der Waals surface area contributed by atoms with Gasteiger partial charge in [-0.3, -0.25) is 14.5 Å². The predicted molar refractivity (Wildman–Crippen MR) is 92.2 cm³/mol. The molecule has 138 valence electrons. The van der Waals surface area contributed by atoms with Gasteiger partial charge in [-0.1, -0.05) is 12.1 Å². The Morgan fingerprint density at radius 2 is 1.89 bits per heavy atom. The van der Waals surface area contributed by atoms with E-state index in [9.17, 15) is 24.3 Å². The third-order valence-electron chi connectivity index (χ3n) is 4.19. The molecule has 1 unspecified atom stereocenters. The van der Waals surface area contributed by atoms with Gasteiger partial charge in [-0.2, -0.15) is 5.26 Å². The molecule has 0 bridgehead atoms. The summed E-state index contributed by atoms with van der Waals surface area (Å²) in [4.78, 5) is 48.0. The van der Waals surface area contributed by atoms with Gasteiger partial charge in [0.25, 0.3) is 5.91 Å². The Morgan fingerprint density at radius 1 is 1.22 bits per heavy atom. The lowest BCUT2D eigenvalue weighted by Crippen LogP contribution is -2.70. The van der Waals surface area contributed by atoms with E-state index in [1.54, 1.807) is 24.3 Å². The average molecular weight is 387 g/mol. The summed E-state index contributed by atoms with van der Waals surface area (Å²) in [6.07, 6.45) is -0.00508. The number of carboxylic acids is 2. The van der Waals surface area contributed by atoms with Crippen LogP contribution in [0, 0.1) is 11.3 Å². The quantitative estimate of drug-likeness (QED) is 0.595. The van der Waals surface area contributed by atoms with Crippen molar-refractivity contribution in [3.8, 4) is 6.07 Å². The lowest BCUT2D eigenvalue weighted by molar-refractivity contribution is -0.151. The Labute approximate surface area is 157 Å². The molecule has 2 aliphatic heterocycles. The molecule has 0 aliphatic carbocycles. The molecule has 10 heteroatoms. The molecular formula is C17H13N3O6S. The van der Waals surface area contributed by atoms with E-state index in [1.165, 1.54) is 0 Å². The Balaban J connectivity index is 1.69. The molecule has 2 heterocycles. The molecule has 2 amide bonds. The first-order valence-corrected chi connectivity index (χ1v) is 8.81. The molecule has 3 rings (SSSR count). The van der Waals surface area contributed by atoms with E-state index < -0.39 is 40.9 Å². The van der Waals surface area contributed by atoms with E-state index in [1.807, 2.05) is 6.07 Å². The number of carbonyl (C=O) groups excluding carboxylic acids is 2. The van der Waals surface area contributed by atoms with Crippen molar-refractivity contribution in [2.24, 2.45) is 0 Å². The fourth-order valence-corrected chi connectivity index (χ4v) is 4.22.